The van der Waals surface area contributed by atoms with Gasteiger partial charge in [0.15, 0.2) is 0 Å². The van der Waals surface area contributed by atoms with E-state index in [9.17, 15) is 0 Å². The maximum atomic E-state index is 5.47. The van der Waals surface area contributed by atoms with Crippen LogP contribution >= 0.6 is 0 Å². The van der Waals surface area contributed by atoms with Gasteiger partial charge in [0.25, 0.3) is 0 Å². The zero-order valence-electron chi connectivity index (χ0n) is 17.3. The third-order valence-corrected chi connectivity index (χ3v) is 5.39. The lowest BCUT2D eigenvalue weighted by Crippen LogP contribution is -2.40. The number of hydrogen-bond donors (Lipinski definition) is 1. The smallest absolute Gasteiger partial charge is 0.250 e. The van der Waals surface area contributed by atoms with Crippen LogP contribution in [0.15, 0.2) is 47.6 Å². The van der Waals surface area contributed by atoms with Gasteiger partial charge in [-0.25, -0.2) is 5.43 Å². The maximum Gasteiger partial charge on any atom is 0.250 e. The second-order valence-corrected chi connectivity index (χ2v) is 7.40. The first-order chi connectivity index (χ1) is 15.4. The molecule has 9 nitrogen and oxygen atoms in total. The molecular weight excluding hydrogens is 394 g/mol. The number of hydrazone groups is 1. The number of anilines is 3. The summed E-state index contributed by atoms with van der Waals surface area (Å²) in [5.74, 6) is 1.71. The van der Waals surface area contributed by atoms with Crippen LogP contribution in [0.1, 0.15) is 5.56 Å². The Balaban J connectivity index is 1.41. The largest absolute Gasteiger partial charge is 0.378 e. The number of fused-ring (bicyclic) bond motifs is 1. The van der Waals surface area contributed by atoms with E-state index in [1.54, 1.807) is 6.21 Å². The number of rotatable bonds is 5. The van der Waals surface area contributed by atoms with Crippen molar-refractivity contribution in [3.63, 3.8) is 0 Å². The molecule has 31 heavy (non-hydrogen) atoms. The van der Waals surface area contributed by atoms with Crippen molar-refractivity contribution in [2.75, 3.05) is 67.8 Å². The van der Waals surface area contributed by atoms with Crippen molar-refractivity contribution in [2.24, 2.45) is 5.10 Å². The average molecular weight is 419 g/mol. The number of aromatic nitrogens is 3. The summed E-state index contributed by atoms with van der Waals surface area (Å²) >= 11 is 0. The first kappa shape index (κ1) is 19.7. The summed E-state index contributed by atoms with van der Waals surface area (Å²) in [6, 6.07) is 14.4. The van der Waals surface area contributed by atoms with E-state index in [0.29, 0.717) is 44.3 Å². The zero-order chi connectivity index (χ0) is 20.9. The molecule has 0 saturated carbocycles. The predicted octanol–water partition coefficient (Wildman–Crippen LogP) is 2.14. The fourth-order valence-electron chi connectivity index (χ4n) is 3.74. The van der Waals surface area contributed by atoms with Gasteiger partial charge < -0.3 is 19.3 Å². The minimum atomic E-state index is 0.425. The number of morpholine rings is 2. The van der Waals surface area contributed by atoms with Crippen molar-refractivity contribution < 1.29 is 9.47 Å². The van der Waals surface area contributed by atoms with E-state index in [2.05, 4.69) is 48.5 Å². The number of benzene rings is 2. The van der Waals surface area contributed by atoms with Gasteiger partial charge in [-0.05, 0) is 10.8 Å². The minimum absolute atomic E-state index is 0.425. The molecule has 0 radical (unpaired) electrons. The summed E-state index contributed by atoms with van der Waals surface area (Å²) in [6.45, 7) is 5.69. The normalized spacial score (nSPS) is 17.4. The van der Waals surface area contributed by atoms with E-state index in [1.165, 1.54) is 5.39 Å². The highest BCUT2D eigenvalue weighted by Crippen LogP contribution is 2.19. The molecule has 2 aliphatic heterocycles. The van der Waals surface area contributed by atoms with Crippen molar-refractivity contribution in [3.8, 4) is 0 Å². The van der Waals surface area contributed by atoms with Gasteiger partial charge in [-0.2, -0.15) is 20.1 Å². The molecule has 9 heteroatoms. The van der Waals surface area contributed by atoms with Gasteiger partial charge >= 0.3 is 0 Å². The molecule has 2 aliphatic rings. The maximum absolute atomic E-state index is 5.47. The lowest BCUT2D eigenvalue weighted by atomic mass is 10.1. The molecular formula is C22H25N7O2. The number of nitrogens with zero attached hydrogens (tertiary/aromatic N) is 6. The molecule has 5 rings (SSSR count). The Morgan fingerprint density at radius 2 is 1.39 bits per heavy atom. The van der Waals surface area contributed by atoms with Crippen molar-refractivity contribution in [1.82, 2.24) is 15.0 Å². The summed E-state index contributed by atoms with van der Waals surface area (Å²) < 4.78 is 10.9. The van der Waals surface area contributed by atoms with Gasteiger partial charge in [0.1, 0.15) is 0 Å². The van der Waals surface area contributed by atoms with Gasteiger partial charge in [-0.15, -0.1) is 0 Å². The Labute approximate surface area is 180 Å². The topological polar surface area (TPSA) is 88.0 Å². The average Bonchev–Trinajstić information content (AvgIpc) is 2.85. The molecule has 0 atom stereocenters. The highest BCUT2D eigenvalue weighted by Gasteiger charge is 2.20. The zero-order valence-corrected chi connectivity index (χ0v) is 17.3. The summed E-state index contributed by atoms with van der Waals surface area (Å²) in [6.07, 6.45) is 1.80. The molecule has 1 aromatic heterocycles. The Hall–Kier alpha value is -3.30. The molecule has 3 aromatic rings. The van der Waals surface area contributed by atoms with Crippen LogP contribution < -0.4 is 15.2 Å². The minimum Gasteiger partial charge on any atom is -0.378 e. The predicted molar refractivity (Wildman–Crippen MR) is 121 cm³/mol. The Bertz CT molecular complexity index is 1020. The van der Waals surface area contributed by atoms with Crippen LogP contribution in [-0.2, 0) is 9.47 Å². The molecule has 0 amide bonds. The van der Waals surface area contributed by atoms with E-state index in [1.807, 2.05) is 24.3 Å². The fourth-order valence-corrected chi connectivity index (χ4v) is 3.74. The highest BCUT2D eigenvalue weighted by atomic mass is 16.5. The molecule has 160 valence electrons. The molecule has 0 bridgehead atoms. The van der Waals surface area contributed by atoms with E-state index in [-0.39, 0.29) is 0 Å². The van der Waals surface area contributed by atoms with E-state index >= 15 is 0 Å². The Kier molecular flexibility index (Phi) is 5.85. The van der Waals surface area contributed by atoms with Crippen molar-refractivity contribution in [3.05, 3.63) is 48.0 Å². The second kappa shape index (κ2) is 9.23. The molecule has 1 N–H and O–H groups in total. The van der Waals surface area contributed by atoms with Gasteiger partial charge in [-0.3, -0.25) is 0 Å². The van der Waals surface area contributed by atoms with Gasteiger partial charge in [-0.1, -0.05) is 42.5 Å². The lowest BCUT2D eigenvalue weighted by molar-refractivity contribution is 0.121. The van der Waals surface area contributed by atoms with E-state index in [4.69, 9.17) is 14.5 Å². The summed E-state index contributed by atoms with van der Waals surface area (Å²) in [5, 5.41) is 6.74. The fraction of sp³-hybridized carbons (Fsp3) is 0.364. The van der Waals surface area contributed by atoms with Crippen molar-refractivity contribution >= 4 is 34.8 Å². The van der Waals surface area contributed by atoms with Crippen LogP contribution in [0, 0.1) is 0 Å². The molecule has 2 aromatic carbocycles. The molecule has 0 unspecified atom stereocenters. The molecule has 2 fully saturated rings. The Morgan fingerprint density at radius 3 is 2.06 bits per heavy atom. The summed E-state index contributed by atoms with van der Waals surface area (Å²) in [5.41, 5.74) is 4.04. The summed E-state index contributed by atoms with van der Waals surface area (Å²) in [7, 11) is 0. The van der Waals surface area contributed by atoms with Crippen molar-refractivity contribution in [1.29, 1.82) is 0 Å². The van der Waals surface area contributed by atoms with Crippen LogP contribution in [0.2, 0.25) is 0 Å². The first-order valence-electron chi connectivity index (χ1n) is 10.6. The van der Waals surface area contributed by atoms with Crippen LogP contribution in [0.3, 0.4) is 0 Å². The SMILES string of the molecule is C(=NNc1nc(N2CCOCC2)nc(N2CCOCC2)n1)c1cccc2ccccc12. The lowest BCUT2D eigenvalue weighted by Gasteiger charge is -2.30. The molecule has 2 saturated heterocycles. The van der Waals surface area contributed by atoms with Crippen LogP contribution in [0.5, 0.6) is 0 Å². The standard InChI is InChI=1S/C22H25N7O2/c1-2-7-19-17(4-1)5-3-6-18(19)16-23-27-20-24-21(28-8-12-30-13-9-28)26-22(25-20)29-10-14-31-15-11-29/h1-7,16H,8-15H2,(H,24,25,26,27). The van der Waals surface area contributed by atoms with E-state index < -0.39 is 0 Å². The third kappa shape index (κ3) is 4.57. The van der Waals surface area contributed by atoms with E-state index in [0.717, 1.165) is 37.1 Å². The van der Waals surface area contributed by atoms with Crippen LogP contribution in [0.25, 0.3) is 10.8 Å². The highest BCUT2D eigenvalue weighted by molar-refractivity contribution is 5.99. The Morgan fingerprint density at radius 1 is 0.774 bits per heavy atom. The third-order valence-electron chi connectivity index (χ3n) is 5.39. The monoisotopic (exact) mass is 419 g/mol. The second-order valence-electron chi connectivity index (χ2n) is 7.40. The summed E-state index contributed by atoms with van der Waals surface area (Å²) in [4.78, 5) is 18.2. The quantitative estimate of drug-likeness (QED) is 0.497. The molecule has 0 aliphatic carbocycles. The van der Waals surface area contributed by atoms with Gasteiger partial charge in [0.05, 0.1) is 32.6 Å². The molecule has 0 spiro atoms. The van der Waals surface area contributed by atoms with Crippen LogP contribution in [-0.4, -0.2) is 73.8 Å². The van der Waals surface area contributed by atoms with Crippen LogP contribution in [0.4, 0.5) is 17.8 Å². The number of hydrogen-bond acceptors (Lipinski definition) is 9. The van der Waals surface area contributed by atoms with Gasteiger partial charge in [0.2, 0.25) is 17.8 Å². The number of ether oxygens (including phenoxy) is 2. The van der Waals surface area contributed by atoms with Gasteiger partial charge in [0, 0.05) is 31.7 Å². The molecule has 3 heterocycles. The van der Waals surface area contributed by atoms with Crippen molar-refractivity contribution in [2.45, 2.75) is 0 Å². The number of nitrogens with one attached hydrogen (secondary N) is 1. The first-order valence-corrected chi connectivity index (χ1v) is 10.6.